The highest BCUT2D eigenvalue weighted by Crippen LogP contribution is 2.25. The van der Waals surface area contributed by atoms with E-state index >= 15 is 0 Å². The molecule has 0 saturated carbocycles. The molecular weight excluding hydrogens is 316 g/mol. The second kappa shape index (κ2) is 6.14. The van der Waals surface area contributed by atoms with Crippen LogP contribution in [0.15, 0.2) is 29.8 Å². The van der Waals surface area contributed by atoms with Gasteiger partial charge in [0.15, 0.2) is 0 Å². The van der Waals surface area contributed by atoms with Crippen LogP contribution in [0.25, 0.3) is 0 Å². The lowest BCUT2D eigenvalue weighted by Crippen LogP contribution is -2.32. The minimum atomic E-state index is -3.77. The molecule has 0 unspecified atom stereocenters. The van der Waals surface area contributed by atoms with Crippen LogP contribution in [0.5, 0.6) is 0 Å². The lowest BCUT2D eigenvalue weighted by atomic mass is 10.2. The second-order valence-corrected chi connectivity index (χ2v) is 6.73. The molecule has 0 aliphatic carbocycles. The Balaban J connectivity index is 2.36. The number of nitrogens with zero attached hydrogens (tertiary/aromatic N) is 4. The van der Waals surface area contributed by atoms with Crippen LogP contribution in [0.4, 0.5) is 10.8 Å². The maximum Gasteiger partial charge on any atom is 0.273 e. The van der Waals surface area contributed by atoms with E-state index in [0.29, 0.717) is 0 Å². The molecule has 0 radical (unpaired) electrons. The summed E-state index contributed by atoms with van der Waals surface area (Å²) in [5, 5.41) is 18.5. The summed E-state index contributed by atoms with van der Waals surface area (Å²) in [6, 6.07) is 5.78. The zero-order chi connectivity index (χ0) is 15.5. The third-order valence-corrected chi connectivity index (χ3v) is 5.32. The molecule has 0 atom stereocenters. The van der Waals surface area contributed by atoms with Crippen LogP contribution >= 0.6 is 11.3 Å². The molecule has 0 aliphatic heterocycles. The van der Waals surface area contributed by atoms with Crippen molar-refractivity contribution in [3.63, 3.8) is 0 Å². The first-order valence-electron chi connectivity index (χ1n) is 5.94. The summed E-state index contributed by atoms with van der Waals surface area (Å²) in [5.41, 5.74) is 1.36. The highest BCUT2D eigenvalue weighted by Gasteiger charge is 2.27. The van der Waals surface area contributed by atoms with Crippen LogP contribution in [0.2, 0.25) is 0 Å². The predicted molar refractivity (Wildman–Crippen MR) is 78.6 cm³/mol. The molecule has 10 heteroatoms. The molecule has 0 bridgehead atoms. The molecule has 0 spiro atoms. The molecule has 112 valence electrons. The van der Waals surface area contributed by atoms with E-state index in [-0.39, 0.29) is 22.9 Å². The highest BCUT2D eigenvalue weighted by molar-refractivity contribution is 7.92. The van der Waals surface area contributed by atoms with Crippen molar-refractivity contribution in [1.82, 2.24) is 10.2 Å². The molecule has 0 fully saturated rings. The van der Waals surface area contributed by atoms with Gasteiger partial charge in [0.25, 0.3) is 5.69 Å². The number of hydrogen-bond donors (Lipinski definition) is 0. The number of rotatable bonds is 6. The van der Waals surface area contributed by atoms with Crippen molar-refractivity contribution in [2.24, 2.45) is 0 Å². The van der Waals surface area contributed by atoms with Crippen molar-refractivity contribution in [3.8, 4) is 0 Å². The maximum absolute atomic E-state index is 12.4. The lowest BCUT2D eigenvalue weighted by Gasteiger charge is -2.19. The Bertz CT molecular complexity index is 730. The summed E-state index contributed by atoms with van der Waals surface area (Å²) in [7, 11) is -3.77. The smallest absolute Gasteiger partial charge is 0.258 e. The van der Waals surface area contributed by atoms with Gasteiger partial charge in [-0.25, -0.2) is 12.7 Å². The zero-order valence-corrected chi connectivity index (χ0v) is 12.7. The van der Waals surface area contributed by atoms with Crippen molar-refractivity contribution in [1.29, 1.82) is 0 Å². The molecule has 0 aliphatic rings. The Kier molecular flexibility index (Phi) is 4.48. The van der Waals surface area contributed by atoms with Gasteiger partial charge in [0.1, 0.15) is 11.3 Å². The molecular formula is C11H12N4O4S2. The topological polar surface area (TPSA) is 106 Å². The Labute approximate surface area is 125 Å². The van der Waals surface area contributed by atoms with Crippen LogP contribution in [0.1, 0.15) is 12.5 Å². The number of aromatic nitrogens is 2. The van der Waals surface area contributed by atoms with Gasteiger partial charge in [-0.1, -0.05) is 29.5 Å². The molecule has 21 heavy (non-hydrogen) atoms. The van der Waals surface area contributed by atoms with E-state index in [1.165, 1.54) is 23.7 Å². The number of benzene rings is 1. The fourth-order valence-electron chi connectivity index (χ4n) is 1.81. The number of sulfonamides is 1. The van der Waals surface area contributed by atoms with Gasteiger partial charge in [-0.2, -0.15) is 0 Å². The van der Waals surface area contributed by atoms with Crippen LogP contribution in [0.3, 0.4) is 0 Å². The van der Waals surface area contributed by atoms with E-state index in [1.54, 1.807) is 13.0 Å². The van der Waals surface area contributed by atoms with Gasteiger partial charge in [-0.3, -0.25) is 10.1 Å². The van der Waals surface area contributed by atoms with Crippen molar-refractivity contribution >= 4 is 32.2 Å². The summed E-state index contributed by atoms with van der Waals surface area (Å²) in [5.74, 6) is -0.461. The lowest BCUT2D eigenvalue weighted by molar-refractivity contribution is -0.385. The van der Waals surface area contributed by atoms with Crippen molar-refractivity contribution in [2.45, 2.75) is 12.7 Å². The molecule has 2 rings (SSSR count). The van der Waals surface area contributed by atoms with E-state index in [9.17, 15) is 18.5 Å². The number of hydrogen-bond acceptors (Lipinski definition) is 7. The zero-order valence-electron chi connectivity index (χ0n) is 11.0. The molecule has 0 amide bonds. The number of nitro benzene ring substituents is 1. The Morgan fingerprint density at radius 3 is 2.67 bits per heavy atom. The summed E-state index contributed by atoms with van der Waals surface area (Å²) in [4.78, 5) is 10.4. The molecule has 2 aromatic rings. The van der Waals surface area contributed by atoms with Gasteiger partial charge < -0.3 is 0 Å². The SMILES string of the molecule is CCN(c1nncs1)S(=O)(=O)Cc1ccccc1[N+](=O)[O-]. The van der Waals surface area contributed by atoms with E-state index in [4.69, 9.17) is 0 Å². The van der Waals surface area contributed by atoms with Crippen molar-refractivity contribution in [2.75, 3.05) is 10.8 Å². The van der Waals surface area contributed by atoms with Gasteiger partial charge in [0.2, 0.25) is 15.2 Å². The fraction of sp³-hybridized carbons (Fsp3) is 0.273. The van der Waals surface area contributed by atoms with Crippen molar-refractivity contribution < 1.29 is 13.3 Å². The first-order valence-corrected chi connectivity index (χ1v) is 8.43. The average Bonchev–Trinajstić information content (AvgIpc) is 2.92. The minimum Gasteiger partial charge on any atom is -0.258 e. The minimum absolute atomic E-state index is 0.144. The first-order chi connectivity index (χ1) is 9.95. The van der Waals surface area contributed by atoms with Gasteiger partial charge >= 0.3 is 0 Å². The standard InChI is InChI=1S/C11H12N4O4S2/c1-2-14(11-13-12-8-20-11)21(18,19)7-9-5-3-4-6-10(9)15(16)17/h3-6,8H,2,7H2,1H3. The van der Waals surface area contributed by atoms with Crippen LogP contribution < -0.4 is 4.31 Å². The van der Waals surface area contributed by atoms with E-state index in [1.807, 2.05) is 0 Å². The van der Waals surface area contributed by atoms with Gasteiger partial charge in [0.05, 0.1) is 4.92 Å². The monoisotopic (exact) mass is 328 g/mol. The maximum atomic E-state index is 12.4. The molecule has 1 aromatic carbocycles. The van der Waals surface area contributed by atoms with Gasteiger partial charge in [0, 0.05) is 18.2 Å². The third kappa shape index (κ3) is 3.34. The molecule has 0 N–H and O–H groups in total. The molecule has 8 nitrogen and oxygen atoms in total. The molecule has 1 heterocycles. The summed E-state index contributed by atoms with van der Waals surface area (Å²) < 4.78 is 26.0. The van der Waals surface area contributed by atoms with E-state index in [0.717, 1.165) is 15.6 Å². The van der Waals surface area contributed by atoms with Gasteiger partial charge in [-0.05, 0) is 6.92 Å². The van der Waals surface area contributed by atoms with E-state index < -0.39 is 20.7 Å². The Hall–Kier alpha value is -2.07. The molecule has 0 saturated heterocycles. The van der Waals surface area contributed by atoms with Crippen LogP contribution in [0, 0.1) is 10.1 Å². The Morgan fingerprint density at radius 1 is 1.38 bits per heavy atom. The summed E-state index contributed by atoms with van der Waals surface area (Å²) in [6.45, 7) is 1.84. The number of anilines is 1. The highest BCUT2D eigenvalue weighted by atomic mass is 32.2. The Morgan fingerprint density at radius 2 is 2.10 bits per heavy atom. The predicted octanol–water partition coefficient (Wildman–Crippen LogP) is 1.80. The third-order valence-electron chi connectivity index (χ3n) is 2.71. The average molecular weight is 328 g/mol. The van der Waals surface area contributed by atoms with Crippen molar-refractivity contribution in [3.05, 3.63) is 45.5 Å². The largest absolute Gasteiger partial charge is 0.273 e. The molecule has 1 aromatic heterocycles. The second-order valence-electron chi connectivity index (χ2n) is 4.03. The van der Waals surface area contributed by atoms with Crippen LogP contribution in [-0.4, -0.2) is 30.1 Å². The number of nitro groups is 1. The summed E-state index contributed by atoms with van der Waals surface area (Å²) >= 11 is 1.09. The van der Waals surface area contributed by atoms with E-state index in [2.05, 4.69) is 10.2 Å². The quantitative estimate of drug-likeness (QED) is 0.591. The number of para-hydroxylation sites is 1. The normalized spacial score (nSPS) is 11.3. The van der Waals surface area contributed by atoms with Crippen LogP contribution in [-0.2, 0) is 15.8 Å². The summed E-state index contributed by atoms with van der Waals surface area (Å²) in [6.07, 6.45) is 0. The fourth-order valence-corrected chi connectivity index (χ4v) is 4.27. The first kappa shape index (κ1) is 15.3. The van der Waals surface area contributed by atoms with Gasteiger partial charge in [-0.15, -0.1) is 10.2 Å².